The normalized spacial score (nSPS) is 35.0. The molecule has 3 atom stereocenters. The van der Waals surface area contributed by atoms with Gasteiger partial charge in [0.25, 0.3) is 0 Å². The Bertz CT molecular complexity index is 737. The predicted octanol–water partition coefficient (Wildman–Crippen LogP) is 0.289. The molecule has 3 aliphatic rings. The van der Waals surface area contributed by atoms with Crippen LogP contribution in [-0.4, -0.2) is 46.9 Å². The van der Waals surface area contributed by atoms with Crippen LogP contribution in [0.25, 0.3) is 0 Å². The molecule has 2 bridgehead atoms. The van der Waals surface area contributed by atoms with Gasteiger partial charge in [-0.3, -0.25) is 10.1 Å². The molecule has 2 saturated heterocycles. The fourth-order valence-corrected chi connectivity index (χ4v) is 4.99. The fraction of sp³-hybridized carbons (Fsp3) is 0.556. The van der Waals surface area contributed by atoms with Crippen molar-refractivity contribution in [1.29, 1.82) is 0 Å². The number of imide groups is 1. The Morgan fingerprint density at radius 1 is 1.16 bits per heavy atom. The van der Waals surface area contributed by atoms with Gasteiger partial charge in [-0.1, -0.05) is 6.07 Å². The van der Waals surface area contributed by atoms with Crippen molar-refractivity contribution in [2.24, 2.45) is 0 Å². The summed E-state index contributed by atoms with van der Waals surface area (Å²) < 4.78 is 0. The van der Waals surface area contributed by atoms with Gasteiger partial charge in [0.2, 0.25) is 5.91 Å². The highest BCUT2D eigenvalue weighted by molar-refractivity contribution is 5.95. The fourth-order valence-electron chi connectivity index (χ4n) is 4.99. The van der Waals surface area contributed by atoms with Gasteiger partial charge >= 0.3 is 6.03 Å². The number of carbonyl (C=O) groups excluding carboxylic acids is 2. The van der Waals surface area contributed by atoms with E-state index in [1.807, 2.05) is 6.07 Å². The zero-order chi connectivity index (χ0) is 17.7. The quantitative estimate of drug-likeness (QED) is 0.464. The first-order chi connectivity index (χ1) is 11.9. The first-order valence-electron chi connectivity index (χ1n) is 8.80. The molecule has 0 spiro atoms. The Morgan fingerprint density at radius 2 is 2.00 bits per heavy atom. The number of hydrogen-bond donors (Lipinski definition) is 5. The highest BCUT2D eigenvalue weighted by Gasteiger charge is 2.61. The van der Waals surface area contributed by atoms with Crippen molar-refractivity contribution in [3.63, 3.8) is 0 Å². The summed E-state index contributed by atoms with van der Waals surface area (Å²) in [6, 6.07) is 4.55. The lowest BCUT2D eigenvalue weighted by Gasteiger charge is -2.59. The van der Waals surface area contributed by atoms with Crippen LogP contribution >= 0.6 is 0 Å². The van der Waals surface area contributed by atoms with Crippen LogP contribution in [0.3, 0.4) is 0 Å². The van der Waals surface area contributed by atoms with E-state index >= 15 is 0 Å². The third kappa shape index (κ3) is 2.41. The minimum absolute atomic E-state index is 0.0194. The lowest BCUT2D eigenvalue weighted by molar-refractivity contribution is -0.136. The summed E-state index contributed by atoms with van der Waals surface area (Å²) in [5, 5.41) is 30.2. The number of urea groups is 1. The summed E-state index contributed by atoms with van der Waals surface area (Å²) in [5.41, 5.74) is -0.0413. The number of fused-ring (bicyclic) bond motifs is 1. The first-order valence-corrected chi connectivity index (χ1v) is 8.80. The summed E-state index contributed by atoms with van der Waals surface area (Å²) >= 11 is 0. The summed E-state index contributed by atoms with van der Waals surface area (Å²) in [7, 11) is 0. The molecule has 134 valence electrons. The molecule has 2 fully saturated rings. The minimum Gasteiger partial charge on any atom is -0.508 e. The summed E-state index contributed by atoms with van der Waals surface area (Å²) in [6.07, 6.45) is 2.35. The molecule has 2 heterocycles. The molecule has 3 amide bonds. The molecule has 1 aliphatic carbocycles. The number of benzene rings is 1. The molecule has 1 aromatic rings. The second-order valence-electron chi connectivity index (χ2n) is 7.39. The molecular formula is C18H23N3O4. The van der Waals surface area contributed by atoms with Gasteiger partial charge in [-0.25, -0.2) is 4.79 Å². The van der Waals surface area contributed by atoms with Crippen LogP contribution in [0.1, 0.15) is 36.8 Å². The maximum absolute atomic E-state index is 12.5. The molecule has 7 nitrogen and oxygen atoms in total. The van der Waals surface area contributed by atoms with E-state index in [4.69, 9.17) is 0 Å². The number of piperidine rings is 1. The van der Waals surface area contributed by atoms with Crippen LogP contribution in [0.5, 0.6) is 5.75 Å². The second kappa shape index (κ2) is 5.71. The lowest BCUT2D eigenvalue weighted by Crippen LogP contribution is -2.71. The van der Waals surface area contributed by atoms with Gasteiger partial charge < -0.3 is 20.8 Å². The van der Waals surface area contributed by atoms with Crippen LogP contribution in [0.15, 0.2) is 18.2 Å². The molecule has 4 rings (SSSR count). The molecule has 0 aromatic heterocycles. The van der Waals surface area contributed by atoms with E-state index in [1.54, 1.807) is 12.1 Å². The van der Waals surface area contributed by atoms with Gasteiger partial charge in [0, 0.05) is 24.4 Å². The van der Waals surface area contributed by atoms with Crippen molar-refractivity contribution in [2.45, 2.75) is 49.2 Å². The monoisotopic (exact) mass is 345 g/mol. The van der Waals surface area contributed by atoms with Crippen LogP contribution in [0.2, 0.25) is 0 Å². The first kappa shape index (κ1) is 16.4. The van der Waals surface area contributed by atoms with E-state index in [1.165, 1.54) is 0 Å². The molecule has 25 heavy (non-hydrogen) atoms. The third-order valence-corrected chi connectivity index (χ3v) is 6.12. The lowest BCUT2D eigenvalue weighted by atomic mass is 9.52. The van der Waals surface area contributed by atoms with Crippen molar-refractivity contribution >= 4 is 11.9 Å². The average molecular weight is 345 g/mol. The summed E-state index contributed by atoms with van der Waals surface area (Å²) in [4.78, 5) is 24.3. The molecule has 7 heteroatoms. The zero-order valence-corrected chi connectivity index (χ0v) is 14.0. The smallest absolute Gasteiger partial charge is 0.321 e. The maximum Gasteiger partial charge on any atom is 0.321 e. The van der Waals surface area contributed by atoms with E-state index in [2.05, 4.69) is 16.0 Å². The van der Waals surface area contributed by atoms with Crippen molar-refractivity contribution in [2.75, 3.05) is 13.1 Å². The number of phenolic OH excluding ortho intramolecular Hbond substituents is 1. The largest absolute Gasteiger partial charge is 0.508 e. The molecular weight excluding hydrogens is 322 g/mol. The number of nitrogens with one attached hydrogen (secondary N) is 3. The molecule has 0 unspecified atom stereocenters. The highest BCUT2D eigenvalue weighted by Crippen LogP contribution is 2.53. The van der Waals surface area contributed by atoms with Crippen molar-refractivity contribution < 1.29 is 19.8 Å². The van der Waals surface area contributed by atoms with Gasteiger partial charge in [0.15, 0.2) is 0 Å². The molecule has 0 radical (unpaired) electrons. The van der Waals surface area contributed by atoms with Gasteiger partial charge in [-0.05, 0) is 55.5 Å². The highest BCUT2D eigenvalue weighted by atomic mass is 16.3. The molecule has 5 N–H and O–H groups in total. The second-order valence-corrected chi connectivity index (χ2v) is 7.39. The zero-order valence-electron chi connectivity index (χ0n) is 14.0. The number of carbonyl (C=O) groups is 2. The van der Waals surface area contributed by atoms with E-state index in [0.717, 1.165) is 11.1 Å². The standard InChI is InChI=1S/C18H23N3O4/c22-12-3-2-11-8-14-18(25)4-1-6-20-16(24)21-15(23)10-17(18,5-7-19-14)13(11)9-12/h2-3,9,14,19,22,25H,1,4-8,10H2,(H2,20,21,23,24)/t14-,17-,18-/m1/s1. The number of hydrogen-bond acceptors (Lipinski definition) is 5. The number of aromatic hydroxyl groups is 1. The predicted molar refractivity (Wildman–Crippen MR) is 90.2 cm³/mol. The van der Waals surface area contributed by atoms with Crippen LogP contribution in [0.4, 0.5) is 4.79 Å². The maximum atomic E-state index is 12.5. The van der Waals surface area contributed by atoms with Gasteiger partial charge in [0.05, 0.1) is 5.60 Å². The van der Waals surface area contributed by atoms with E-state index in [-0.39, 0.29) is 18.2 Å². The van der Waals surface area contributed by atoms with Gasteiger partial charge in [-0.2, -0.15) is 0 Å². The molecule has 2 aliphatic heterocycles. The Hall–Kier alpha value is -2.12. The SMILES string of the molecule is O=C1C[C@]23CCN[C@H](Cc4ccc(O)cc42)[C@]3(O)CCCNC(=O)N1. The van der Waals surface area contributed by atoms with Crippen molar-refractivity contribution in [1.82, 2.24) is 16.0 Å². The third-order valence-electron chi connectivity index (χ3n) is 6.12. The Morgan fingerprint density at radius 3 is 2.84 bits per heavy atom. The molecule has 0 saturated carbocycles. The Balaban J connectivity index is 1.88. The number of aliphatic hydroxyl groups is 1. The van der Waals surface area contributed by atoms with Crippen LogP contribution in [0, 0.1) is 0 Å². The van der Waals surface area contributed by atoms with Crippen molar-refractivity contribution in [3.8, 4) is 5.75 Å². The van der Waals surface area contributed by atoms with Crippen molar-refractivity contribution in [3.05, 3.63) is 29.3 Å². The Labute approximate surface area is 145 Å². The van der Waals surface area contributed by atoms with Crippen LogP contribution in [-0.2, 0) is 16.6 Å². The van der Waals surface area contributed by atoms with E-state index in [0.29, 0.717) is 38.8 Å². The van der Waals surface area contributed by atoms with Gasteiger partial charge in [0.1, 0.15) is 5.75 Å². The Kier molecular flexibility index (Phi) is 3.73. The van der Waals surface area contributed by atoms with Gasteiger partial charge in [-0.15, -0.1) is 0 Å². The average Bonchev–Trinajstić information content (AvgIpc) is 2.54. The topological polar surface area (TPSA) is 111 Å². The molecule has 1 aromatic carbocycles. The van der Waals surface area contributed by atoms with Crippen LogP contribution < -0.4 is 16.0 Å². The number of rotatable bonds is 0. The van der Waals surface area contributed by atoms with E-state index < -0.39 is 23.0 Å². The summed E-state index contributed by atoms with van der Waals surface area (Å²) in [5.74, 6) is -0.280. The number of amides is 3. The van der Waals surface area contributed by atoms with E-state index in [9.17, 15) is 19.8 Å². The summed E-state index contributed by atoms with van der Waals surface area (Å²) in [6.45, 7) is 1.08. The minimum atomic E-state index is -1.11. The number of phenols is 1.